The zero-order valence-corrected chi connectivity index (χ0v) is 13.2. The lowest BCUT2D eigenvalue weighted by Gasteiger charge is -2.27. The van der Waals surface area contributed by atoms with E-state index in [1.165, 1.54) is 0 Å². The number of carbonyl (C=O) groups is 1. The first-order chi connectivity index (χ1) is 11.3. The van der Waals surface area contributed by atoms with Crippen molar-refractivity contribution in [2.24, 2.45) is 0 Å². The highest BCUT2D eigenvalue weighted by Gasteiger charge is 2.23. The van der Waals surface area contributed by atoms with Crippen molar-refractivity contribution in [2.75, 3.05) is 13.2 Å². The molecular weight excluding hydrogens is 290 g/mol. The van der Waals surface area contributed by atoms with Crippen LogP contribution in [0.5, 0.6) is 11.5 Å². The van der Waals surface area contributed by atoms with E-state index in [1.54, 1.807) is 0 Å². The molecule has 0 unspecified atom stereocenters. The fourth-order valence-corrected chi connectivity index (χ4v) is 2.76. The fourth-order valence-electron chi connectivity index (χ4n) is 2.76. The highest BCUT2D eigenvalue weighted by molar-refractivity contribution is 5.83. The molecule has 4 heteroatoms. The third-order valence-electron chi connectivity index (χ3n) is 4.00. The van der Waals surface area contributed by atoms with Crippen LogP contribution in [0.15, 0.2) is 54.6 Å². The Morgan fingerprint density at radius 1 is 1.13 bits per heavy atom. The van der Waals surface area contributed by atoms with Crippen LogP contribution in [0.2, 0.25) is 0 Å². The molecule has 2 aromatic rings. The Morgan fingerprint density at radius 2 is 1.83 bits per heavy atom. The molecule has 1 amide bonds. The van der Waals surface area contributed by atoms with Gasteiger partial charge in [-0.25, -0.2) is 0 Å². The van der Waals surface area contributed by atoms with Crippen molar-refractivity contribution in [2.45, 2.75) is 25.4 Å². The van der Waals surface area contributed by atoms with Gasteiger partial charge in [-0.3, -0.25) is 4.79 Å². The van der Waals surface area contributed by atoms with E-state index in [-0.39, 0.29) is 17.9 Å². The fraction of sp³-hybridized carbons (Fsp3) is 0.316. The van der Waals surface area contributed by atoms with Crippen LogP contribution in [0, 0.1) is 0 Å². The largest absolute Gasteiger partial charge is 0.486 e. The van der Waals surface area contributed by atoms with Gasteiger partial charge in [0.05, 0.1) is 12.5 Å². The lowest BCUT2D eigenvalue weighted by Crippen LogP contribution is -2.42. The second-order valence-electron chi connectivity index (χ2n) is 5.61. The van der Waals surface area contributed by atoms with Gasteiger partial charge in [-0.2, -0.15) is 0 Å². The molecule has 4 nitrogen and oxygen atoms in total. The number of hydrogen-bond acceptors (Lipinski definition) is 3. The lowest BCUT2D eigenvalue weighted by molar-refractivity contribution is -0.123. The first-order valence-corrected chi connectivity index (χ1v) is 7.99. The molecule has 23 heavy (non-hydrogen) atoms. The molecule has 2 aromatic carbocycles. The van der Waals surface area contributed by atoms with E-state index >= 15 is 0 Å². The van der Waals surface area contributed by atoms with Crippen LogP contribution in [0.1, 0.15) is 24.8 Å². The summed E-state index contributed by atoms with van der Waals surface area (Å²) in [6, 6.07) is 17.4. The van der Waals surface area contributed by atoms with Crippen LogP contribution in [0.4, 0.5) is 0 Å². The number of amides is 1. The van der Waals surface area contributed by atoms with Crippen molar-refractivity contribution >= 4 is 5.91 Å². The number of nitrogens with one attached hydrogen (secondary N) is 1. The number of fused-ring (bicyclic) bond motifs is 1. The SMILES string of the molecule is CC[C@H](C(=O)NC[C@H]1COc2ccccc2O1)c1ccccc1. The molecule has 120 valence electrons. The topological polar surface area (TPSA) is 47.6 Å². The van der Waals surface area contributed by atoms with Crippen molar-refractivity contribution < 1.29 is 14.3 Å². The number of para-hydroxylation sites is 2. The predicted molar refractivity (Wildman–Crippen MR) is 88.8 cm³/mol. The minimum Gasteiger partial charge on any atom is -0.486 e. The molecule has 0 saturated heterocycles. The quantitative estimate of drug-likeness (QED) is 0.923. The Hall–Kier alpha value is -2.49. The summed E-state index contributed by atoms with van der Waals surface area (Å²) in [5, 5.41) is 2.99. The summed E-state index contributed by atoms with van der Waals surface area (Å²) in [4.78, 5) is 12.5. The Balaban J connectivity index is 1.57. The summed E-state index contributed by atoms with van der Waals surface area (Å²) in [6.07, 6.45) is 0.600. The van der Waals surface area contributed by atoms with Gasteiger partial charge in [-0.15, -0.1) is 0 Å². The van der Waals surface area contributed by atoms with E-state index < -0.39 is 0 Å². The maximum atomic E-state index is 12.5. The molecule has 1 N–H and O–H groups in total. The van der Waals surface area contributed by atoms with Gasteiger partial charge < -0.3 is 14.8 Å². The highest BCUT2D eigenvalue weighted by Crippen LogP contribution is 2.30. The second-order valence-corrected chi connectivity index (χ2v) is 5.61. The van der Waals surface area contributed by atoms with Crippen molar-refractivity contribution in [1.29, 1.82) is 0 Å². The Morgan fingerprint density at radius 3 is 2.57 bits per heavy atom. The van der Waals surface area contributed by atoms with Crippen LogP contribution in [-0.2, 0) is 4.79 Å². The molecule has 0 aliphatic carbocycles. The summed E-state index contributed by atoms with van der Waals surface area (Å²) in [7, 11) is 0. The number of carbonyl (C=O) groups excluding carboxylic acids is 1. The number of rotatable bonds is 5. The number of benzene rings is 2. The maximum Gasteiger partial charge on any atom is 0.227 e. The number of ether oxygens (including phenoxy) is 2. The van der Waals surface area contributed by atoms with E-state index in [2.05, 4.69) is 5.32 Å². The predicted octanol–water partition coefficient (Wildman–Crippen LogP) is 3.14. The van der Waals surface area contributed by atoms with E-state index in [0.717, 1.165) is 23.5 Å². The van der Waals surface area contributed by atoms with E-state index in [9.17, 15) is 4.79 Å². The normalized spacial score (nSPS) is 17.3. The van der Waals surface area contributed by atoms with Crippen LogP contribution in [0.25, 0.3) is 0 Å². The van der Waals surface area contributed by atoms with Gasteiger partial charge in [0.1, 0.15) is 12.7 Å². The summed E-state index contributed by atoms with van der Waals surface area (Å²) in [5.41, 5.74) is 1.04. The molecule has 2 atom stereocenters. The molecule has 3 rings (SSSR count). The molecule has 0 saturated carbocycles. The molecule has 0 radical (unpaired) electrons. The molecule has 1 heterocycles. The minimum absolute atomic E-state index is 0.0289. The monoisotopic (exact) mass is 311 g/mol. The van der Waals surface area contributed by atoms with Crippen molar-refractivity contribution in [3.8, 4) is 11.5 Å². The van der Waals surface area contributed by atoms with Gasteiger partial charge in [-0.1, -0.05) is 49.4 Å². The third kappa shape index (κ3) is 3.65. The molecule has 1 aliphatic heterocycles. The molecule has 0 fully saturated rings. The molecule has 0 spiro atoms. The summed E-state index contributed by atoms with van der Waals surface area (Å²) >= 11 is 0. The average Bonchev–Trinajstić information content (AvgIpc) is 2.61. The first kappa shape index (κ1) is 15.4. The van der Waals surface area contributed by atoms with E-state index in [1.807, 2.05) is 61.5 Å². The van der Waals surface area contributed by atoms with Crippen molar-refractivity contribution in [3.05, 3.63) is 60.2 Å². The summed E-state index contributed by atoms with van der Waals surface area (Å²) in [6.45, 7) is 2.91. The van der Waals surface area contributed by atoms with E-state index in [4.69, 9.17) is 9.47 Å². The van der Waals surface area contributed by atoms with Crippen LogP contribution in [0.3, 0.4) is 0 Å². The van der Waals surface area contributed by atoms with Gasteiger partial charge >= 0.3 is 0 Å². The smallest absolute Gasteiger partial charge is 0.227 e. The van der Waals surface area contributed by atoms with Gasteiger partial charge in [0.15, 0.2) is 11.5 Å². The maximum absolute atomic E-state index is 12.5. The standard InChI is InChI=1S/C19H21NO3/c1-2-16(14-8-4-3-5-9-14)19(21)20-12-15-13-22-17-10-6-7-11-18(17)23-15/h3-11,15-16H,2,12-13H2,1H3,(H,20,21)/t15-,16-/m0/s1. The van der Waals surface area contributed by atoms with E-state index in [0.29, 0.717) is 13.2 Å². The molecular formula is C19H21NO3. The minimum atomic E-state index is -0.165. The molecule has 0 bridgehead atoms. The third-order valence-corrected chi connectivity index (χ3v) is 4.00. The van der Waals surface area contributed by atoms with Gasteiger partial charge in [-0.05, 0) is 24.1 Å². The van der Waals surface area contributed by atoms with Crippen LogP contribution >= 0.6 is 0 Å². The van der Waals surface area contributed by atoms with Gasteiger partial charge in [0.2, 0.25) is 5.91 Å². The Labute approximate surface area is 136 Å². The Bertz CT molecular complexity index is 657. The molecule has 1 aliphatic rings. The lowest BCUT2D eigenvalue weighted by atomic mass is 9.95. The average molecular weight is 311 g/mol. The van der Waals surface area contributed by atoms with Crippen molar-refractivity contribution in [1.82, 2.24) is 5.32 Å². The summed E-state index contributed by atoms with van der Waals surface area (Å²) in [5.74, 6) is 1.38. The van der Waals surface area contributed by atoms with Crippen LogP contribution < -0.4 is 14.8 Å². The molecule has 0 aromatic heterocycles. The van der Waals surface area contributed by atoms with Gasteiger partial charge in [0, 0.05) is 0 Å². The zero-order chi connectivity index (χ0) is 16.1. The highest BCUT2D eigenvalue weighted by atomic mass is 16.6. The number of hydrogen-bond donors (Lipinski definition) is 1. The zero-order valence-electron chi connectivity index (χ0n) is 13.2. The van der Waals surface area contributed by atoms with Gasteiger partial charge in [0.25, 0.3) is 0 Å². The second kappa shape index (κ2) is 7.18. The Kier molecular flexibility index (Phi) is 4.81. The first-order valence-electron chi connectivity index (χ1n) is 7.99. The van der Waals surface area contributed by atoms with Crippen LogP contribution in [-0.4, -0.2) is 25.2 Å². The summed E-state index contributed by atoms with van der Waals surface area (Å²) < 4.78 is 11.5. The van der Waals surface area contributed by atoms with Crippen molar-refractivity contribution in [3.63, 3.8) is 0 Å².